The van der Waals surface area contributed by atoms with Gasteiger partial charge < -0.3 is 15.0 Å². The summed E-state index contributed by atoms with van der Waals surface area (Å²) in [5.41, 5.74) is 0.730. The van der Waals surface area contributed by atoms with Crippen molar-refractivity contribution in [3.05, 3.63) is 24.3 Å². The largest absolute Gasteiger partial charge is 0.455 e. The van der Waals surface area contributed by atoms with Gasteiger partial charge in [-0.05, 0) is 36.8 Å². The summed E-state index contributed by atoms with van der Waals surface area (Å²) in [6.07, 6.45) is 2.77. The van der Waals surface area contributed by atoms with Crippen LogP contribution < -0.4 is 15.5 Å². The van der Waals surface area contributed by atoms with Gasteiger partial charge in [-0.25, -0.2) is 4.79 Å². The van der Waals surface area contributed by atoms with Gasteiger partial charge in [0.1, 0.15) is 0 Å². The third-order valence-corrected chi connectivity index (χ3v) is 5.15. The van der Waals surface area contributed by atoms with Gasteiger partial charge in [0, 0.05) is 30.1 Å². The molecule has 29 heavy (non-hydrogen) atoms. The van der Waals surface area contributed by atoms with Crippen molar-refractivity contribution >= 4 is 41.3 Å². The average molecular weight is 422 g/mol. The first-order chi connectivity index (χ1) is 13.8. The normalized spacial score (nSPS) is 16.1. The lowest BCUT2D eigenvalue weighted by atomic mass is 10.1. The Hall–Kier alpha value is -2.55. The molecule has 1 fully saturated rings. The van der Waals surface area contributed by atoms with E-state index < -0.39 is 30.4 Å². The molecule has 0 spiro atoms. The van der Waals surface area contributed by atoms with E-state index in [-0.39, 0.29) is 18.9 Å². The number of carbonyl (C=O) groups is 4. The highest BCUT2D eigenvalue weighted by Gasteiger charge is 2.36. The number of rotatable bonds is 8. The van der Waals surface area contributed by atoms with Crippen molar-refractivity contribution in [3.8, 4) is 0 Å². The van der Waals surface area contributed by atoms with Gasteiger partial charge in [-0.2, -0.15) is 0 Å². The highest BCUT2D eigenvalue weighted by Crippen LogP contribution is 2.28. The summed E-state index contributed by atoms with van der Waals surface area (Å²) < 4.78 is 4.99. The minimum absolute atomic E-state index is 0.0274. The fourth-order valence-electron chi connectivity index (χ4n) is 2.83. The Morgan fingerprint density at radius 1 is 1.31 bits per heavy atom. The molecule has 0 aliphatic carbocycles. The molecule has 1 aromatic carbocycles. The molecule has 1 aliphatic heterocycles. The number of ether oxygens (including phenoxy) is 1. The zero-order valence-corrected chi connectivity index (χ0v) is 17.7. The zero-order valence-electron chi connectivity index (χ0n) is 16.9. The number of carbonyl (C=O) groups excluding carboxylic acids is 4. The molecule has 9 heteroatoms. The van der Waals surface area contributed by atoms with Crippen LogP contribution in [0.1, 0.15) is 26.7 Å². The van der Waals surface area contributed by atoms with Gasteiger partial charge in [0.05, 0.1) is 5.92 Å². The van der Waals surface area contributed by atoms with Crippen LogP contribution in [0.2, 0.25) is 0 Å². The van der Waals surface area contributed by atoms with E-state index in [9.17, 15) is 19.2 Å². The number of imide groups is 1. The van der Waals surface area contributed by atoms with Gasteiger partial charge in [0.15, 0.2) is 6.61 Å². The number of esters is 1. The maximum atomic E-state index is 12.3. The van der Waals surface area contributed by atoms with Crippen LogP contribution in [0.15, 0.2) is 29.2 Å². The maximum Gasteiger partial charge on any atom is 0.321 e. The van der Waals surface area contributed by atoms with Crippen molar-refractivity contribution in [2.24, 2.45) is 11.8 Å². The van der Waals surface area contributed by atoms with Crippen LogP contribution in [0.4, 0.5) is 10.5 Å². The first kappa shape index (κ1) is 22.7. The number of hydrogen-bond donors (Lipinski definition) is 2. The van der Waals surface area contributed by atoms with Crippen LogP contribution in [0.5, 0.6) is 0 Å². The first-order valence-electron chi connectivity index (χ1n) is 9.49. The highest BCUT2D eigenvalue weighted by molar-refractivity contribution is 7.98. The second-order valence-corrected chi connectivity index (χ2v) is 8.08. The molecule has 158 valence electrons. The summed E-state index contributed by atoms with van der Waals surface area (Å²) in [6, 6.07) is 6.88. The second-order valence-electron chi connectivity index (χ2n) is 7.20. The zero-order chi connectivity index (χ0) is 21.4. The van der Waals surface area contributed by atoms with Gasteiger partial charge >= 0.3 is 12.0 Å². The van der Waals surface area contributed by atoms with Crippen molar-refractivity contribution in [1.82, 2.24) is 10.6 Å². The third-order valence-electron chi connectivity index (χ3n) is 4.43. The van der Waals surface area contributed by atoms with E-state index in [1.54, 1.807) is 16.7 Å². The molecule has 0 aromatic heterocycles. The summed E-state index contributed by atoms with van der Waals surface area (Å²) in [5.74, 6) is -1.72. The minimum atomic E-state index is -0.714. The minimum Gasteiger partial charge on any atom is -0.455 e. The number of nitrogens with one attached hydrogen (secondary N) is 2. The third kappa shape index (κ3) is 7.08. The molecule has 1 atom stereocenters. The van der Waals surface area contributed by atoms with Crippen molar-refractivity contribution < 1.29 is 23.9 Å². The molecule has 2 N–H and O–H groups in total. The smallest absolute Gasteiger partial charge is 0.321 e. The number of nitrogens with zero attached hydrogens (tertiary/aromatic N) is 1. The number of urea groups is 1. The lowest BCUT2D eigenvalue weighted by Crippen LogP contribution is -2.42. The predicted octanol–water partition coefficient (Wildman–Crippen LogP) is 2.18. The van der Waals surface area contributed by atoms with Crippen LogP contribution in [-0.2, 0) is 19.1 Å². The van der Waals surface area contributed by atoms with Gasteiger partial charge in [0.2, 0.25) is 5.91 Å². The van der Waals surface area contributed by atoms with Crippen molar-refractivity contribution in [1.29, 1.82) is 0 Å². The SMILES string of the molecule is CSc1cccc(N2C[C@H](C(=O)OCC(=O)NC(=O)NCCC(C)C)CC2=O)c1. The molecule has 1 aromatic rings. The van der Waals surface area contributed by atoms with Gasteiger partial charge in [-0.1, -0.05) is 19.9 Å². The monoisotopic (exact) mass is 421 g/mol. The van der Waals surface area contributed by atoms with Gasteiger partial charge in [-0.3, -0.25) is 19.7 Å². The fourth-order valence-corrected chi connectivity index (χ4v) is 3.28. The Labute approximate surface area is 174 Å². The van der Waals surface area contributed by atoms with E-state index in [2.05, 4.69) is 10.6 Å². The topological polar surface area (TPSA) is 105 Å². The molecular formula is C20H27N3O5S. The molecule has 1 saturated heterocycles. The van der Waals surface area contributed by atoms with E-state index in [0.717, 1.165) is 17.0 Å². The number of benzene rings is 1. The molecule has 2 rings (SSSR count). The average Bonchev–Trinajstić information content (AvgIpc) is 3.07. The summed E-state index contributed by atoms with van der Waals surface area (Å²) >= 11 is 1.57. The lowest BCUT2D eigenvalue weighted by molar-refractivity contribution is -0.152. The molecule has 0 saturated carbocycles. The van der Waals surface area contributed by atoms with Gasteiger partial charge in [0.25, 0.3) is 5.91 Å². The van der Waals surface area contributed by atoms with Crippen molar-refractivity contribution in [2.75, 3.05) is 30.9 Å². The number of amides is 4. The standard InChI is InChI=1S/C20H27N3O5S/c1-13(2)7-8-21-20(27)22-17(24)12-28-19(26)14-9-18(25)23(11-14)15-5-4-6-16(10-15)29-3/h4-6,10,13-14H,7-9,11-12H2,1-3H3,(H2,21,22,24,27)/t14-/m1/s1. The Bertz CT molecular complexity index is 768. The molecule has 1 heterocycles. The van der Waals surface area contributed by atoms with Crippen LogP contribution in [0, 0.1) is 11.8 Å². The molecular weight excluding hydrogens is 394 g/mol. The Balaban J connectivity index is 1.78. The molecule has 1 aliphatic rings. The van der Waals surface area contributed by atoms with Crippen LogP contribution >= 0.6 is 11.8 Å². The summed E-state index contributed by atoms with van der Waals surface area (Å²) in [5, 5.41) is 4.67. The van der Waals surface area contributed by atoms with E-state index in [0.29, 0.717) is 12.5 Å². The van der Waals surface area contributed by atoms with E-state index in [4.69, 9.17) is 4.74 Å². The number of hydrogen-bond acceptors (Lipinski definition) is 6. The Morgan fingerprint density at radius 3 is 2.76 bits per heavy atom. The highest BCUT2D eigenvalue weighted by atomic mass is 32.2. The maximum absolute atomic E-state index is 12.3. The van der Waals surface area contributed by atoms with E-state index in [1.165, 1.54) is 0 Å². The van der Waals surface area contributed by atoms with Crippen LogP contribution in [0.25, 0.3) is 0 Å². The Kier molecular flexibility index (Phi) is 8.50. The Morgan fingerprint density at radius 2 is 2.07 bits per heavy atom. The summed E-state index contributed by atoms with van der Waals surface area (Å²) in [7, 11) is 0. The van der Waals surface area contributed by atoms with Crippen LogP contribution in [-0.4, -0.2) is 49.8 Å². The first-order valence-corrected chi connectivity index (χ1v) is 10.7. The summed E-state index contributed by atoms with van der Waals surface area (Å²) in [6.45, 7) is 4.14. The predicted molar refractivity (Wildman–Crippen MR) is 111 cm³/mol. The molecule has 4 amide bonds. The summed E-state index contributed by atoms with van der Waals surface area (Å²) in [4.78, 5) is 50.5. The van der Waals surface area contributed by atoms with Crippen molar-refractivity contribution in [3.63, 3.8) is 0 Å². The second kappa shape index (κ2) is 10.8. The lowest BCUT2D eigenvalue weighted by Gasteiger charge is -2.17. The molecule has 0 unspecified atom stereocenters. The number of thioether (sulfide) groups is 1. The fraction of sp³-hybridized carbons (Fsp3) is 0.500. The molecule has 0 radical (unpaired) electrons. The quantitative estimate of drug-likeness (QED) is 0.492. The number of anilines is 1. The van der Waals surface area contributed by atoms with Gasteiger partial charge in [-0.15, -0.1) is 11.8 Å². The van der Waals surface area contributed by atoms with E-state index >= 15 is 0 Å². The van der Waals surface area contributed by atoms with Crippen molar-refractivity contribution in [2.45, 2.75) is 31.6 Å². The molecule has 8 nitrogen and oxygen atoms in total. The van der Waals surface area contributed by atoms with E-state index in [1.807, 2.05) is 44.4 Å². The van der Waals surface area contributed by atoms with Crippen LogP contribution in [0.3, 0.4) is 0 Å². The molecule has 0 bridgehead atoms.